The van der Waals surface area contributed by atoms with Gasteiger partial charge in [0.05, 0.1) is 11.7 Å². The van der Waals surface area contributed by atoms with Crippen LogP contribution in [0.4, 0.5) is 0 Å². The minimum absolute atomic E-state index is 0.00231. The van der Waals surface area contributed by atoms with Crippen LogP contribution < -0.4 is 0 Å². The quantitative estimate of drug-likeness (QED) is 0.527. The van der Waals surface area contributed by atoms with Crippen molar-refractivity contribution in [2.24, 2.45) is 11.3 Å². The molecule has 1 saturated carbocycles. The smallest absolute Gasteiger partial charge is 0.0745 e. The number of rotatable bonds is 0. The van der Waals surface area contributed by atoms with E-state index in [-0.39, 0.29) is 17.4 Å². The lowest BCUT2D eigenvalue weighted by Crippen LogP contribution is -2.68. The monoisotopic (exact) mass is 144 g/mol. The third-order valence-corrected chi connectivity index (χ3v) is 3.40. The van der Waals surface area contributed by atoms with Gasteiger partial charge in [0.15, 0.2) is 0 Å². The van der Waals surface area contributed by atoms with Crippen LogP contribution in [0.15, 0.2) is 0 Å². The number of hydrogen-bond acceptors (Lipinski definition) is 2. The van der Waals surface area contributed by atoms with Crippen molar-refractivity contribution in [2.75, 3.05) is 0 Å². The van der Waals surface area contributed by atoms with Gasteiger partial charge in [0, 0.05) is 11.3 Å². The summed E-state index contributed by atoms with van der Waals surface area (Å²) in [6.45, 7) is 7.43. The summed E-state index contributed by atoms with van der Waals surface area (Å²) < 4.78 is 0. The summed E-state index contributed by atoms with van der Waals surface area (Å²) in [5.41, 5.74) is -1.04. The maximum Gasteiger partial charge on any atom is 0.0745 e. The van der Waals surface area contributed by atoms with Crippen LogP contribution in [0.1, 0.15) is 27.7 Å². The minimum atomic E-state index is -0.702. The van der Waals surface area contributed by atoms with E-state index in [1.807, 2.05) is 20.8 Å². The van der Waals surface area contributed by atoms with Crippen molar-refractivity contribution in [3.05, 3.63) is 0 Å². The molecular formula is C8H16O2. The molecule has 10 heavy (non-hydrogen) atoms. The highest BCUT2D eigenvalue weighted by Crippen LogP contribution is 2.53. The van der Waals surface area contributed by atoms with Gasteiger partial charge in [0.2, 0.25) is 0 Å². The number of aliphatic hydroxyl groups excluding tert-OH is 1. The van der Waals surface area contributed by atoms with Crippen molar-refractivity contribution in [3.8, 4) is 0 Å². The lowest BCUT2D eigenvalue weighted by molar-refractivity contribution is -0.260. The van der Waals surface area contributed by atoms with E-state index in [1.165, 1.54) is 0 Å². The first-order chi connectivity index (χ1) is 4.32. The van der Waals surface area contributed by atoms with E-state index in [0.717, 1.165) is 0 Å². The molecule has 2 nitrogen and oxygen atoms in total. The van der Waals surface area contributed by atoms with Gasteiger partial charge in [-0.05, 0) is 6.92 Å². The molecule has 2 N–H and O–H groups in total. The Morgan fingerprint density at radius 3 is 1.70 bits per heavy atom. The van der Waals surface area contributed by atoms with E-state index < -0.39 is 5.60 Å². The van der Waals surface area contributed by atoms with Crippen molar-refractivity contribution in [3.63, 3.8) is 0 Å². The zero-order valence-electron chi connectivity index (χ0n) is 7.05. The predicted octanol–water partition coefficient (Wildman–Crippen LogP) is 0.774. The van der Waals surface area contributed by atoms with Gasteiger partial charge in [-0.15, -0.1) is 0 Å². The van der Waals surface area contributed by atoms with Gasteiger partial charge in [0.25, 0.3) is 0 Å². The Morgan fingerprint density at radius 1 is 1.20 bits per heavy atom. The normalized spacial score (nSPS) is 52.2. The first kappa shape index (κ1) is 8.02. The molecular weight excluding hydrogens is 128 g/mol. The van der Waals surface area contributed by atoms with Crippen LogP contribution in [-0.2, 0) is 0 Å². The van der Waals surface area contributed by atoms with Gasteiger partial charge >= 0.3 is 0 Å². The predicted molar refractivity (Wildman–Crippen MR) is 39.6 cm³/mol. The van der Waals surface area contributed by atoms with Crippen LogP contribution >= 0.6 is 0 Å². The fourth-order valence-corrected chi connectivity index (χ4v) is 1.72. The molecule has 0 aliphatic heterocycles. The SMILES string of the molecule is CC1C(O)C(C)(C)C1(C)O. The molecule has 0 heterocycles. The molecule has 0 spiro atoms. The summed E-state index contributed by atoms with van der Waals surface area (Å²) in [5.74, 6) is 0.00231. The van der Waals surface area contributed by atoms with E-state index in [1.54, 1.807) is 6.92 Å². The molecule has 0 aromatic heterocycles. The summed E-state index contributed by atoms with van der Waals surface area (Å²) in [6.07, 6.45) is -0.359. The Hall–Kier alpha value is -0.0800. The minimum Gasteiger partial charge on any atom is -0.392 e. The van der Waals surface area contributed by atoms with E-state index in [0.29, 0.717) is 0 Å². The van der Waals surface area contributed by atoms with Crippen LogP contribution in [0.2, 0.25) is 0 Å². The highest BCUT2D eigenvalue weighted by atomic mass is 16.3. The maximum atomic E-state index is 9.72. The second-order valence-corrected chi connectivity index (χ2v) is 4.10. The van der Waals surface area contributed by atoms with Gasteiger partial charge < -0.3 is 10.2 Å². The molecule has 60 valence electrons. The lowest BCUT2D eigenvalue weighted by atomic mass is 9.51. The van der Waals surface area contributed by atoms with Gasteiger partial charge in [-0.1, -0.05) is 20.8 Å². The standard InChI is InChI=1S/C8H16O2/c1-5-6(9)7(2,3)8(5,4)10/h5-6,9-10H,1-4H3. The molecule has 1 fully saturated rings. The van der Waals surface area contributed by atoms with Gasteiger partial charge in [-0.2, -0.15) is 0 Å². The van der Waals surface area contributed by atoms with Crippen molar-refractivity contribution < 1.29 is 10.2 Å². The third-order valence-electron chi connectivity index (χ3n) is 3.40. The molecule has 0 aromatic carbocycles. The molecule has 0 bridgehead atoms. The summed E-state index contributed by atoms with van der Waals surface area (Å²) >= 11 is 0. The molecule has 1 aliphatic carbocycles. The van der Waals surface area contributed by atoms with Crippen LogP contribution in [-0.4, -0.2) is 21.9 Å². The number of hydrogen-bond donors (Lipinski definition) is 2. The summed E-state index contributed by atoms with van der Waals surface area (Å²) in [6, 6.07) is 0. The second kappa shape index (κ2) is 1.74. The highest BCUT2D eigenvalue weighted by molar-refractivity contribution is 5.11. The average molecular weight is 144 g/mol. The van der Waals surface area contributed by atoms with Crippen LogP contribution in [0, 0.1) is 11.3 Å². The van der Waals surface area contributed by atoms with Crippen molar-refractivity contribution in [1.82, 2.24) is 0 Å². The largest absolute Gasteiger partial charge is 0.392 e. The Labute approximate surface area is 61.9 Å². The van der Waals surface area contributed by atoms with Crippen molar-refractivity contribution in [1.29, 1.82) is 0 Å². The van der Waals surface area contributed by atoms with E-state index in [2.05, 4.69) is 0 Å². The molecule has 0 aromatic rings. The Bertz CT molecular complexity index is 131. The summed E-state index contributed by atoms with van der Waals surface area (Å²) in [7, 11) is 0. The van der Waals surface area contributed by atoms with Crippen LogP contribution in [0.25, 0.3) is 0 Å². The van der Waals surface area contributed by atoms with Crippen molar-refractivity contribution >= 4 is 0 Å². The summed E-state index contributed by atoms with van der Waals surface area (Å²) in [5, 5.41) is 19.1. The highest BCUT2D eigenvalue weighted by Gasteiger charge is 2.61. The van der Waals surface area contributed by atoms with Gasteiger partial charge in [-0.25, -0.2) is 0 Å². The maximum absolute atomic E-state index is 9.72. The Balaban J connectivity index is 2.82. The average Bonchev–Trinajstić information content (AvgIpc) is 1.84. The molecule has 0 amide bonds. The van der Waals surface area contributed by atoms with Crippen molar-refractivity contribution in [2.45, 2.75) is 39.4 Å². The van der Waals surface area contributed by atoms with E-state index in [4.69, 9.17) is 0 Å². The number of aliphatic hydroxyl groups is 2. The molecule has 1 aliphatic rings. The molecule has 1 rings (SSSR count). The van der Waals surface area contributed by atoms with Gasteiger partial charge in [-0.3, -0.25) is 0 Å². The first-order valence-electron chi connectivity index (χ1n) is 3.72. The third kappa shape index (κ3) is 0.611. The van der Waals surface area contributed by atoms with Crippen LogP contribution in [0.3, 0.4) is 0 Å². The van der Waals surface area contributed by atoms with Crippen LogP contribution in [0.5, 0.6) is 0 Å². The topological polar surface area (TPSA) is 40.5 Å². The lowest BCUT2D eigenvalue weighted by Gasteiger charge is -2.59. The first-order valence-corrected chi connectivity index (χ1v) is 3.72. The zero-order chi connectivity index (χ0) is 8.15. The molecule has 3 unspecified atom stereocenters. The molecule has 2 heteroatoms. The van der Waals surface area contributed by atoms with E-state index >= 15 is 0 Å². The fourth-order valence-electron chi connectivity index (χ4n) is 1.72. The zero-order valence-corrected chi connectivity index (χ0v) is 7.05. The van der Waals surface area contributed by atoms with E-state index in [9.17, 15) is 10.2 Å². The second-order valence-electron chi connectivity index (χ2n) is 4.10. The Kier molecular flexibility index (Phi) is 1.40. The summed E-state index contributed by atoms with van der Waals surface area (Å²) in [4.78, 5) is 0. The van der Waals surface area contributed by atoms with Gasteiger partial charge in [0.1, 0.15) is 0 Å². The molecule has 3 atom stereocenters. The molecule has 0 saturated heterocycles. The Morgan fingerprint density at radius 2 is 1.60 bits per heavy atom. The molecule has 0 radical (unpaired) electrons. The fraction of sp³-hybridized carbons (Fsp3) is 1.00.